The van der Waals surface area contributed by atoms with E-state index in [2.05, 4.69) is 45.3 Å². The maximum atomic E-state index is 13.6. The number of hydrogen-bond donors (Lipinski definition) is 5. The van der Waals surface area contributed by atoms with Crippen molar-refractivity contribution in [2.45, 2.75) is 69.4 Å². The van der Waals surface area contributed by atoms with E-state index in [4.69, 9.17) is 19.7 Å². The molecular formula is C43H48N10O5. The first-order chi connectivity index (χ1) is 28.2. The Balaban J connectivity index is 1.07. The molecule has 1 aliphatic carbocycles. The van der Waals surface area contributed by atoms with Crippen LogP contribution in [0.1, 0.15) is 65.3 Å². The standard InChI is InChI=1S/C43H48N10O5/c1-4-36(54)48-34-21-35(39(56)38(34)55)52-25-45-37-40(44-22-33(27-11-7-5-8-12-27)28-13-9-6-10-14-28)49-43(50-41(37)52)51-20-19-29(24-51)47-42(57)32-23-46-53(26(32)2)30-15-17-31(58-3)18-16-30/h5-18,23,25,29,33-35,38-39,55-56H,4,19-22,24H2,1-3H3,(H,47,57)(H,48,54)(H,44,49,50)/t29-,34+,35-,38-,39+/m1/s1. The first kappa shape index (κ1) is 38.5. The Morgan fingerprint density at radius 2 is 1.64 bits per heavy atom. The molecule has 15 nitrogen and oxygen atoms in total. The van der Waals surface area contributed by atoms with Gasteiger partial charge >= 0.3 is 0 Å². The van der Waals surface area contributed by atoms with Gasteiger partial charge in [-0.2, -0.15) is 15.1 Å². The summed E-state index contributed by atoms with van der Waals surface area (Å²) in [5, 5.41) is 36.4. The number of carbonyl (C=O) groups excluding carboxylic acids is 2. The van der Waals surface area contributed by atoms with Crippen LogP contribution < -0.4 is 25.6 Å². The molecule has 2 aliphatic rings. The van der Waals surface area contributed by atoms with Gasteiger partial charge in [-0.1, -0.05) is 67.6 Å². The van der Waals surface area contributed by atoms with Crippen LogP contribution in [0.2, 0.25) is 0 Å². The highest BCUT2D eigenvalue weighted by Gasteiger charge is 2.44. The number of methoxy groups -OCH3 is 1. The number of rotatable bonds is 13. The Kier molecular flexibility index (Phi) is 11.1. The number of amides is 2. The van der Waals surface area contributed by atoms with Crippen molar-refractivity contribution in [3.8, 4) is 11.4 Å². The summed E-state index contributed by atoms with van der Waals surface area (Å²) in [7, 11) is 1.62. The maximum absolute atomic E-state index is 13.6. The van der Waals surface area contributed by atoms with Crippen molar-refractivity contribution in [2.24, 2.45) is 0 Å². The third-order valence-corrected chi connectivity index (χ3v) is 11.3. The van der Waals surface area contributed by atoms with Gasteiger partial charge in [0.1, 0.15) is 18.0 Å². The van der Waals surface area contributed by atoms with Crippen LogP contribution in [0.15, 0.2) is 97.5 Å². The van der Waals surface area contributed by atoms with Crippen molar-refractivity contribution in [2.75, 3.05) is 37.0 Å². The molecule has 6 aromatic rings. The molecule has 4 heterocycles. The van der Waals surface area contributed by atoms with Gasteiger partial charge in [-0.15, -0.1) is 0 Å². The molecule has 300 valence electrons. The van der Waals surface area contributed by atoms with Gasteiger partial charge in [0, 0.05) is 38.0 Å². The van der Waals surface area contributed by atoms with Crippen LogP contribution in [0, 0.1) is 6.92 Å². The van der Waals surface area contributed by atoms with Crippen LogP contribution >= 0.6 is 0 Å². The van der Waals surface area contributed by atoms with E-state index in [1.807, 2.05) is 72.5 Å². The number of nitrogens with one attached hydrogen (secondary N) is 3. The van der Waals surface area contributed by atoms with E-state index in [0.29, 0.717) is 54.5 Å². The zero-order valence-electron chi connectivity index (χ0n) is 32.7. The molecule has 15 heteroatoms. The summed E-state index contributed by atoms with van der Waals surface area (Å²) in [6, 6.07) is 26.6. The van der Waals surface area contributed by atoms with E-state index in [1.54, 1.807) is 35.8 Å². The summed E-state index contributed by atoms with van der Waals surface area (Å²) in [5.74, 6) is 1.28. The predicted octanol–water partition coefficient (Wildman–Crippen LogP) is 4.14. The highest BCUT2D eigenvalue weighted by molar-refractivity contribution is 5.95. The zero-order valence-corrected chi connectivity index (χ0v) is 32.7. The van der Waals surface area contributed by atoms with Crippen LogP contribution in [0.4, 0.5) is 11.8 Å². The van der Waals surface area contributed by atoms with Crippen molar-refractivity contribution in [3.63, 3.8) is 0 Å². The average Bonchev–Trinajstić information content (AvgIpc) is 4.05. The first-order valence-electron chi connectivity index (χ1n) is 19.7. The number of aliphatic hydroxyl groups excluding tert-OH is 2. The summed E-state index contributed by atoms with van der Waals surface area (Å²) in [6.45, 7) is 5.16. The monoisotopic (exact) mass is 784 g/mol. The molecule has 0 unspecified atom stereocenters. The molecule has 5 N–H and O–H groups in total. The van der Waals surface area contributed by atoms with Gasteiger partial charge in [0.2, 0.25) is 11.9 Å². The van der Waals surface area contributed by atoms with Crippen LogP contribution in [0.5, 0.6) is 5.75 Å². The SMILES string of the molecule is CCC(=O)N[C@H]1C[C@@H](n2cnc3c(NCC(c4ccccc4)c4ccccc4)nc(N4CC[C@@H](NC(=O)c5cnn(-c6ccc(OC)cc6)c5C)C4)nc32)[C@H](O)[C@@H]1O. The topological polar surface area (TPSA) is 185 Å². The lowest BCUT2D eigenvalue weighted by Crippen LogP contribution is -2.42. The Labute approximate surface area is 336 Å². The third kappa shape index (κ3) is 7.70. The highest BCUT2D eigenvalue weighted by atomic mass is 16.5. The number of hydrogen-bond acceptors (Lipinski definition) is 11. The molecule has 3 aromatic heterocycles. The molecular weight excluding hydrogens is 737 g/mol. The number of aromatic nitrogens is 6. The van der Waals surface area contributed by atoms with Crippen molar-refractivity contribution in [1.82, 2.24) is 39.9 Å². The maximum Gasteiger partial charge on any atom is 0.255 e. The Morgan fingerprint density at radius 3 is 2.31 bits per heavy atom. The second-order valence-corrected chi connectivity index (χ2v) is 14.9. The van der Waals surface area contributed by atoms with E-state index < -0.39 is 24.3 Å². The molecule has 1 saturated carbocycles. The van der Waals surface area contributed by atoms with Gasteiger partial charge in [-0.3, -0.25) is 9.59 Å². The van der Waals surface area contributed by atoms with Crippen molar-refractivity contribution in [3.05, 3.63) is 120 Å². The van der Waals surface area contributed by atoms with Gasteiger partial charge in [-0.05, 0) is 55.2 Å². The minimum Gasteiger partial charge on any atom is -0.497 e. The smallest absolute Gasteiger partial charge is 0.255 e. The molecule has 5 atom stereocenters. The van der Waals surface area contributed by atoms with Crippen molar-refractivity contribution >= 4 is 34.7 Å². The van der Waals surface area contributed by atoms with Gasteiger partial charge in [-0.25, -0.2) is 9.67 Å². The number of benzene rings is 3. The Bertz CT molecular complexity index is 2330. The fraction of sp³-hybridized carbons (Fsp3) is 0.349. The Morgan fingerprint density at radius 1 is 0.931 bits per heavy atom. The summed E-state index contributed by atoms with van der Waals surface area (Å²) in [5.41, 5.74) is 5.30. The van der Waals surface area contributed by atoms with Crippen molar-refractivity contribution < 1.29 is 24.5 Å². The summed E-state index contributed by atoms with van der Waals surface area (Å²) in [6.07, 6.45) is 2.09. The van der Waals surface area contributed by atoms with E-state index in [9.17, 15) is 19.8 Å². The summed E-state index contributed by atoms with van der Waals surface area (Å²) in [4.78, 5) is 42.7. The molecule has 0 bridgehead atoms. The first-order valence-corrected chi connectivity index (χ1v) is 19.7. The average molecular weight is 785 g/mol. The number of imidazole rings is 1. The number of fused-ring (bicyclic) bond motifs is 1. The second-order valence-electron chi connectivity index (χ2n) is 14.9. The molecule has 2 amide bonds. The lowest BCUT2D eigenvalue weighted by molar-refractivity contribution is -0.122. The predicted molar refractivity (Wildman–Crippen MR) is 219 cm³/mol. The Hall–Kier alpha value is -6.32. The van der Waals surface area contributed by atoms with Gasteiger partial charge in [0.05, 0.1) is 48.7 Å². The molecule has 1 aliphatic heterocycles. The number of anilines is 2. The molecule has 1 saturated heterocycles. The normalized spacial score (nSPS) is 20.4. The quantitative estimate of drug-likeness (QED) is 0.113. The summed E-state index contributed by atoms with van der Waals surface area (Å²) >= 11 is 0. The zero-order chi connectivity index (χ0) is 40.3. The van der Waals surface area contributed by atoms with E-state index in [-0.39, 0.29) is 36.6 Å². The number of aliphatic hydroxyl groups is 2. The largest absolute Gasteiger partial charge is 0.497 e. The lowest BCUT2D eigenvalue weighted by atomic mass is 9.91. The van der Waals surface area contributed by atoms with Crippen LogP contribution in [0.25, 0.3) is 16.9 Å². The second kappa shape index (κ2) is 16.6. The minimum atomic E-state index is -1.17. The van der Waals surface area contributed by atoms with Gasteiger partial charge in [0.25, 0.3) is 5.91 Å². The molecule has 0 spiro atoms. The summed E-state index contributed by atoms with van der Waals surface area (Å²) < 4.78 is 8.79. The van der Waals surface area contributed by atoms with E-state index in [1.165, 1.54) is 0 Å². The van der Waals surface area contributed by atoms with E-state index >= 15 is 0 Å². The minimum absolute atomic E-state index is 0.00315. The number of carbonyl (C=O) groups is 2. The number of nitrogens with zero attached hydrogens (tertiary/aromatic N) is 7. The van der Waals surface area contributed by atoms with Crippen LogP contribution in [0.3, 0.4) is 0 Å². The van der Waals surface area contributed by atoms with Crippen LogP contribution in [-0.4, -0.2) is 102 Å². The van der Waals surface area contributed by atoms with Gasteiger partial charge in [0.15, 0.2) is 17.0 Å². The molecule has 0 radical (unpaired) electrons. The van der Waals surface area contributed by atoms with Crippen molar-refractivity contribution in [1.29, 1.82) is 0 Å². The molecule has 2 fully saturated rings. The molecule has 8 rings (SSSR count). The highest BCUT2D eigenvalue weighted by Crippen LogP contribution is 2.36. The lowest BCUT2D eigenvalue weighted by Gasteiger charge is -2.22. The van der Waals surface area contributed by atoms with E-state index in [0.717, 1.165) is 28.3 Å². The van der Waals surface area contributed by atoms with Gasteiger partial charge < -0.3 is 40.4 Å². The van der Waals surface area contributed by atoms with Crippen LogP contribution in [-0.2, 0) is 4.79 Å². The fourth-order valence-corrected chi connectivity index (χ4v) is 8.09. The fourth-order valence-electron chi connectivity index (χ4n) is 8.09. The molecule has 3 aromatic carbocycles. The molecule has 58 heavy (non-hydrogen) atoms. The third-order valence-electron chi connectivity index (χ3n) is 11.3. The number of ether oxygens (including phenoxy) is 1.